The first kappa shape index (κ1) is 12.4. The Morgan fingerprint density at radius 1 is 1.18 bits per heavy atom. The molecule has 0 radical (unpaired) electrons. The lowest BCUT2D eigenvalue weighted by Gasteiger charge is -2.24. The van der Waals surface area contributed by atoms with Crippen molar-refractivity contribution in [1.29, 1.82) is 0 Å². The summed E-state index contributed by atoms with van der Waals surface area (Å²) in [6.07, 6.45) is -1.71. The topological polar surface area (TPSA) is 12.0 Å². The third kappa shape index (κ3) is 2.77. The molecule has 1 aromatic rings. The van der Waals surface area contributed by atoms with E-state index in [1.165, 1.54) is 6.07 Å². The number of nitrogens with one attached hydrogen (secondary N) is 1. The minimum Gasteiger partial charge on any atom is -0.310 e. The maximum Gasteiger partial charge on any atom is 0.419 e. The zero-order valence-electron chi connectivity index (χ0n) is 9.15. The second-order valence-corrected chi connectivity index (χ2v) is 4.24. The lowest BCUT2D eigenvalue weighted by Crippen LogP contribution is -2.27. The molecule has 1 atom stereocenters. The molecular weight excluding hydrogens is 234 g/mol. The van der Waals surface area contributed by atoms with Crippen LogP contribution in [0, 0.1) is 5.82 Å². The van der Waals surface area contributed by atoms with Crippen LogP contribution in [0.4, 0.5) is 17.6 Å². The van der Waals surface area contributed by atoms with Gasteiger partial charge in [-0.05, 0) is 37.1 Å². The predicted molar refractivity (Wildman–Crippen MR) is 56.0 cm³/mol. The van der Waals surface area contributed by atoms with Gasteiger partial charge in [0.25, 0.3) is 0 Å². The number of piperidine rings is 1. The van der Waals surface area contributed by atoms with Crippen LogP contribution in [0.2, 0.25) is 0 Å². The van der Waals surface area contributed by atoms with Crippen LogP contribution in [-0.2, 0) is 6.18 Å². The molecule has 0 saturated carbocycles. The molecule has 1 saturated heterocycles. The van der Waals surface area contributed by atoms with Gasteiger partial charge in [0, 0.05) is 6.04 Å². The standard InChI is InChI=1S/C12H13F4N/c13-10-7-8(11-3-1-2-6-17-11)4-5-9(10)12(14,15)16/h4-5,7,11,17H,1-3,6H2/t11-/m0/s1. The maximum atomic E-state index is 13.4. The van der Waals surface area contributed by atoms with E-state index < -0.39 is 17.6 Å². The Kier molecular flexibility index (Phi) is 3.38. The zero-order chi connectivity index (χ0) is 12.5. The molecule has 1 nitrogen and oxygen atoms in total. The minimum absolute atomic E-state index is 0.0273. The summed E-state index contributed by atoms with van der Waals surface area (Å²) in [7, 11) is 0. The molecular formula is C12H13F4N. The third-order valence-corrected chi connectivity index (χ3v) is 3.01. The average molecular weight is 247 g/mol. The van der Waals surface area contributed by atoms with Crippen LogP contribution < -0.4 is 5.32 Å². The van der Waals surface area contributed by atoms with Crippen molar-refractivity contribution in [2.75, 3.05) is 6.54 Å². The van der Waals surface area contributed by atoms with Gasteiger partial charge < -0.3 is 5.32 Å². The highest BCUT2D eigenvalue weighted by molar-refractivity contribution is 5.28. The number of hydrogen-bond donors (Lipinski definition) is 1. The highest BCUT2D eigenvalue weighted by Gasteiger charge is 2.34. The molecule has 1 aromatic carbocycles. The highest BCUT2D eigenvalue weighted by Crippen LogP contribution is 2.33. The smallest absolute Gasteiger partial charge is 0.310 e. The van der Waals surface area contributed by atoms with Crippen molar-refractivity contribution in [1.82, 2.24) is 5.32 Å². The van der Waals surface area contributed by atoms with E-state index >= 15 is 0 Å². The van der Waals surface area contributed by atoms with E-state index in [2.05, 4.69) is 5.32 Å². The monoisotopic (exact) mass is 247 g/mol. The van der Waals surface area contributed by atoms with Crippen molar-refractivity contribution in [2.24, 2.45) is 0 Å². The zero-order valence-corrected chi connectivity index (χ0v) is 9.15. The molecule has 0 aromatic heterocycles. The Morgan fingerprint density at radius 2 is 1.94 bits per heavy atom. The first-order valence-corrected chi connectivity index (χ1v) is 5.58. The van der Waals surface area contributed by atoms with Crippen molar-refractivity contribution in [3.05, 3.63) is 35.1 Å². The fourth-order valence-electron chi connectivity index (χ4n) is 2.11. The highest BCUT2D eigenvalue weighted by atomic mass is 19.4. The second-order valence-electron chi connectivity index (χ2n) is 4.24. The summed E-state index contributed by atoms with van der Waals surface area (Å²) in [6, 6.07) is 3.14. The lowest BCUT2D eigenvalue weighted by molar-refractivity contribution is -0.140. The van der Waals surface area contributed by atoms with Crippen LogP contribution in [-0.4, -0.2) is 6.54 Å². The summed E-state index contributed by atoms with van der Waals surface area (Å²) in [6.45, 7) is 0.827. The van der Waals surface area contributed by atoms with Gasteiger partial charge in [-0.2, -0.15) is 13.2 Å². The van der Waals surface area contributed by atoms with Crippen LogP contribution in [0.25, 0.3) is 0 Å². The molecule has 0 unspecified atom stereocenters. The molecule has 1 fully saturated rings. The fraction of sp³-hybridized carbons (Fsp3) is 0.500. The molecule has 94 valence electrons. The normalized spacial score (nSPS) is 21.5. The fourth-order valence-corrected chi connectivity index (χ4v) is 2.11. The number of benzene rings is 1. The van der Waals surface area contributed by atoms with Gasteiger partial charge in [-0.25, -0.2) is 4.39 Å². The molecule has 17 heavy (non-hydrogen) atoms. The Labute approximate surface area is 96.8 Å². The molecule has 1 aliphatic heterocycles. The molecule has 5 heteroatoms. The lowest BCUT2D eigenvalue weighted by atomic mass is 9.96. The summed E-state index contributed by atoms with van der Waals surface area (Å²) in [4.78, 5) is 0. The Hall–Kier alpha value is -1.10. The molecule has 1 aliphatic rings. The van der Waals surface area contributed by atoms with Crippen molar-refractivity contribution >= 4 is 0 Å². The van der Waals surface area contributed by atoms with Crippen LogP contribution in [0.15, 0.2) is 18.2 Å². The number of alkyl halides is 3. The summed E-state index contributed by atoms with van der Waals surface area (Å²) < 4.78 is 50.5. The van der Waals surface area contributed by atoms with Gasteiger partial charge in [-0.1, -0.05) is 12.5 Å². The molecule has 0 amide bonds. The summed E-state index contributed by atoms with van der Waals surface area (Å²) >= 11 is 0. The van der Waals surface area contributed by atoms with Gasteiger partial charge in [0.05, 0.1) is 5.56 Å². The van der Waals surface area contributed by atoms with E-state index in [-0.39, 0.29) is 6.04 Å². The van der Waals surface area contributed by atoms with Gasteiger partial charge in [-0.3, -0.25) is 0 Å². The summed E-state index contributed by atoms with van der Waals surface area (Å²) in [5, 5.41) is 3.17. The number of rotatable bonds is 1. The van der Waals surface area contributed by atoms with Gasteiger partial charge in [0.1, 0.15) is 5.82 Å². The molecule has 0 spiro atoms. The maximum absolute atomic E-state index is 13.4. The summed E-state index contributed by atoms with van der Waals surface area (Å²) in [5.74, 6) is -1.19. The third-order valence-electron chi connectivity index (χ3n) is 3.01. The largest absolute Gasteiger partial charge is 0.419 e. The van der Waals surface area contributed by atoms with Crippen LogP contribution >= 0.6 is 0 Å². The van der Waals surface area contributed by atoms with Crippen molar-refractivity contribution in [2.45, 2.75) is 31.5 Å². The molecule has 0 bridgehead atoms. The Balaban J connectivity index is 2.24. The van der Waals surface area contributed by atoms with E-state index in [9.17, 15) is 17.6 Å². The van der Waals surface area contributed by atoms with Gasteiger partial charge >= 0.3 is 6.18 Å². The molecule has 2 rings (SSSR count). The van der Waals surface area contributed by atoms with Crippen molar-refractivity contribution in [3.63, 3.8) is 0 Å². The van der Waals surface area contributed by atoms with Crippen molar-refractivity contribution in [3.8, 4) is 0 Å². The van der Waals surface area contributed by atoms with Gasteiger partial charge in [0.2, 0.25) is 0 Å². The first-order chi connectivity index (χ1) is 7.98. The predicted octanol–water partition coefficient (Wildman–Crippen LogP) is 3.66. The van der Waals surface area contributed by atoms with E-state index in [1.807, 2.05) is 0 Å². The molecule has 1 heterocycles. The first-order valence-electron chi connectivity index (χ1n) is 5.58. The number of halogens is 4. The van der Waals surface area contributed by atoms with Crippen molar-refractivity contribution < 1.29 is 17.6 Å². The quantitative estimate of drug-likeness (QED) is 0.747. The van der Waals surface area contributed by atoms with Crippen LogP contribution in [0.1, 0.15) is 36.4 Å². The van der Waals surface area contributed by atoms with E-state index in [0.717, 1.165) is 37.9 Å². The minimum atomic E-state index is -4.62. The SMILES string of the molecule is Fc1cc([C@@H]2CCCCN2)ccc1C(F)(F)F. The van der Waals surface area contributed by atoms with E-state index in [4.69, 9.17) is 0 Å². The molecule has 1 N–H and O–H groups in total. The second kappa shape index (κ2) is 4.64. The summed E-state index contributed by atoms with van der Waals surface area (Å²) in [5.41, 5.74) is -0.604. The molecule has 0 aliphatic carbocycles. The van der Waals surface area contributed by atoms with E-state index in [1.54, 1.807) is 0 Å². The number of hydrogen-bond acceptors (Lipinski definition) is 1. The van der Waals surface area contributed by atoms with Crippen LogP contribution in [0.3, 0.4) is 0 Å². The van der Waals surface area contributed by atoms with Gasteiger partial charge in [-0.15, -0.1) is 0 Å². The average Bonchev–Trinajstić information content (AvgIpc) is 2.28. The van der Waals surface area contributed by atoms with Crippen LogP contribution in [0.5, 0.6) is 0 Å². The Bertz CT molecular complexity index is 394. The van der Waals surface area contributed by atoms with Gasteiger partial charge in [0.15, 0.2) is 0 Å². The Morgan fingerprint density at radius 3 is 2.47 bits per heavy atom. The van der Waals surface area contributed by atoms with E-state index in [0.29, 0.717) is 5.56 Å².